The maximum atomic E-state index is 14.1. The summed E-state index contributed by atoms with van der Waals surface area (Å²) in [6.45, 7) is 2.28. The van der Waals surface area contributed by atoms with E-state index >= 15 is 0 Å². The van der Waals surface area contributed by atoms with Gasteiger partial charge in [0.15, 0.2) is 11.5 Å². The van der Waals surface area contributed by atoms with Crippen LogP contribution < -0.4 is 15.2 Å². The molecule has 2 N–H and O–H groups in total. The number of hydrogen-bond acceptors (Lipinski definition) is 4. The molecule has 0 amide bonds. The van der Waals surface area contributed by atoms with Crippen molar-refractivity contribution in [1.29, 1.82) is 0 Å². The molecule has 124 valence electrons. The molecule has 1 fully saturated rings. The summed E-state index contributed by atoms with van der Waals surface area (Å²) in [5.41, 5.74) is 6.31. The lowest BCUT2D eigenvalue weighted by Crippen LogP contribution is -2.23. The molecule has 1 aliphatic heterocycles. The minimum atomic E-state index is -2.95. The van der Waals surface area contributed by atoms with Gasteiger partial charge in [-0.05, 0) is 43.6 Å². The summed E-state index contributed by atoms with van der Waals surface area (Å²) in [6.07, 6.45) is 0.769. The Kier molecular flexibility index (Phi) is 4.92. The molecule has 2 atom stereocenters. The van der Waals surface area contributed by atoms with Crippen LogP contribution in [0.1, 0.15) is 30.5 Å². The predicted molar refractivity (Wildman–Crippen MR) is 81.6 cm³/mol. The molecule has 1 aromatic rings. The zero-order valence-corrected chi connectivity index (χ0v) is 13.5. The van der Waals surface area contributed by atoms with E-state index in [2.05, 4.69) is 4.90 Å². The number of likely N-dealkylation sites (tertiary alicyclic amines) is 1. The van der Waals surface area contributed by atoms with Crippen LogP contribution in [0.4, 0.5) is 8.78 Å². The van der Waals surface area contributed by atoms with Crippen molar-refractivity contribution in [3.05, 3.63) is 23.3 Å². The Morgan fingerprint density at radius 1 is 1.27 bits per heavy atom. The van der Waals surface area contributed by atoms with E-state index in [1.165, 1.54) is 20.3 Å². The van der Waals surface area contributed by atoms with Gasteiger partial charge in [-0.3, -0.25) is 4.90 Å². The van der Waals surface area contributed by atoms with E-state index in [0.717, 1.165) is 19.9 Å². The SMILES string of the molecule is COc1cc(C2CC(CN)CN2C)c(C(C)(F)F)cc1OC. The Morgan fingerprint density at radius 2 is 1.86 bits per heavy atom. The zero-order valence-electron chi connectivity index (χ0n) is 13.5. The summed E-state index contributed by atoms with van der Waals surface area (Å²) in [6, 6.07) is 2.97. The number of nitrogens with two attached hydrogens (primary N) is 1. The zero-order chi connectivity index (χ0) is 16.5. The Labute approximate surface area is 130 Å². The third kappa shape index (κ3) is 3.17. The molecule has 1 aromatic carbocycles. The fraction of sp³-hybridized carbons (Fsp3) is 0.625. The highest BCUT2D eigenvalue weighted by molar-refractivity contribution is 5.50. The van der Waals surface area contributed by atoms with E-state index in [1.54, 1.807) is 6.07 Å². The molecule has 0 radical (unpaired) electrons. The fourth-order valence-corrected chi connectivity index (χ4v) is 3.19. The van der Waals surface area contributed by atoms with Crippen molar-refractivity contribution < 1.29 is 18.3 Å². The highest BCUT2D eigenvalue weighted by Gasteiger charge is 2.37. The Morgan fingerprint density at radius 3 is 2.32 bits per heavy atom. The fourth-order valence-electron chi connectivity index (χ4n) is 3.19. The number of ether oxygens (including phenoxy) is 2. The van der Waals surface area contributed by atoms with Crippen LogP contribution in [0.25, 0.3) is 0 Å². The van der Waals surface area contributed by atoms with Crippen LogP contribution >= 0.6 is 0 Å². The van der Waals surface area contributed by atoms with Crippen molar-refractivity contribution in [2.75, 3.05) is 34.4 Å². The van der Waals surface area contributed by atoms with Gasteiger partial charge in [0, 0.05) is 25.1 Å². The lowest BCUT2D eigenvalue weighted by atomic mass is 9.92. The number of benzene rings is 1. The topological polar surface area (TPSA) is 47.7 Å². The van der Waals surface area contributed by atoms with E-state index < -0.39 is 5.92 Å². The summed E-state index contributed by atoms with van der Waals surface area (Å²) in [7, 11) is 4.89. The molecule has 4 nitrogen and oxygen atoms in total. The molecule has 0 spiro atoms. The van der Waals surface area contributed by atoms with Gasteiger partial charge in [0.05, 0.1) is 14.2 Å². The second-order valence-corrected chi connectivity index (χ2v) is 5.98. The van der Waals surface area contributed by atoms with Crippen molar-refractivity contribution >= 4 is 0 Å². The van der Waals surface area contributed by atoms with Crippen molar-refractivity contribution in [2.24, 2.45) is 11.7 Å². The third-order valence-electron chi connectivity index (χ3n) is 4.36. The van der Waals surface area contributed by atoms with Gasteiger partial charge in [-0.1, -0.05) is 0 Å². The number of alkyl halides is 2. The molecule has 22 heavy (non-hydrogen) atoms. The number of nitrogens with zero attached hydrogens (tertiary/aromatic N) is 1. The molecule has 1 saturated heterocycles. The van der Waals surface area contributed by atoms with Gasteiger partial charge in [-0.15, -0.1) is 0 Å². The van der Waals surface area contributed by atoms with Crippen LogP contribution in [0, 0.1) is 5.92 Å². The van der Waals surface area contributed by atoms with Crippen LogP contribution in [-0.4, -0.2) is 39.3 Å². The number of rotatable bonds is 5. The van der Waals surface area contributed by atoms with Crippen LogP contribution in [0.5, 0.6) is 11.5 Å². The first-order chi connectivity index (χ1) is 10.3. The molecule has 2 rings (SSSR count). The third-order valence-corrected chi connectivity index (χ3v) is 4.36. The number of halogens is 2. The average Bonchev–Trinajstić information content (AvgIpc) is 2.85. The van der Waals surface area contributed by atoms with Gasteiger partial charge < -0.3 is 15.2 Å². The van der Waals surface area contributed by atoms with Crippen LogP contribution in [-0.2, 0) is 5.92 Å². The molecule has 1 aliphatic rings. The minimum absolute atomic E-state index is 0.0142. The molecule has 0 saturated carbocycles. The van der Waals surface area contributed by atoms with E-state index in [1.807, 2.05) is 7.05 Å². The molecule has 0 aromatic heterocycles. The van der Waals surface area contributed by atoms with E-state index in [4.69, 9.17) is 15.2 Å². The van der Waals surface area contributed by atoms with Crippen LogP contribution in [0.3, 0.4) is 0 Å². The average molecular weight is 314 g/mol. The molecule has 2 unspecified atom stereocenters. The van der Waals surface area contributed by atoms with Crippen molar-refractivity contribution in [1.82, 2.24) is 4.90 Å². The molecular formula is C16H24F2N2O2. The largest absolute Gasteiger partial charge is 0.493 e. The molecule has 0 aliphatic carbocycles. The second-order valence-electron chi connectivity index (χ2n) is 5.98. The van der Waals surface area contributed by atoms with Crippen LogP contribution in [0.15, 0.2) is 12.1 Å². The summed E-state index contributed by atoms with van der Waals surface area (Å²) >= 11 is 0. The standard InChI is InChI=1S/C16H24F2N2O2/c1-16(17,18)12-7-15(22-4)14(21-3)6-11(12)13-5-10(8-19)9-20(13)2/h6-7,10,13H,5,8-9,19H2,1-4H3. The highest BCUT2D eigenvalue weighted by Crippen LogP contribution is 2.44. The quantitative estimate of drug-likeness (QED) is 0.908. The Bertz CT molecular complexity index is 532. The first-order valence-corrected chi connectivity index (χ1v) is 7.36. The lowest BCUT2D eigenvalue weighted by Gasteiger charge is -2.26. The van der Waals surface area contributed by atoms with Crippen molar-refractivity contribution in [3.63, 3.8) is 0 Å². The predicted octanol–water partition coefficient (Wildman–Crippen LogP) is 2.77. The van der Waals surface area contributed by atoms with E-state index in [-0.39, 0.29) is 11.6 Å². The smallest absolute Gasteiger partial charge is 0.270 e. The van der Waals surface area contributed by atoms with Gasteiger partial charge in [0.25, 0.3) is 5.92 Å². The second kappa shape index (κ2) is 6.38. The van der Waals surface area contributed by atoms with Gasteiger partial charge >= 0.3 is 0 Å². The van der Waals surface area contributed by atoms with Gasteiger partial charge in [0.2, 0.25) is 0 Å². The Balaban J connectivity index is 2.53. The number of hydrogen-bond donors (Lipinski definition) is 1. The molecular weight excluding hydrogens is 290 g/mol. The molecule has 6 heteroatoms. The Hall–Kier alpha value is -1.40. The summed E-state index contributed by atoms with van der Waals surface area (Å²) in [5, 5.41) is 0. The minimum Gasteiger partial charge on any atom is -0.493 e. The maximum absolute atomic E-state index is 14.1. The van der Waals surface area contributed by atoms with Gasteiger partial charge in [0.1, 0.15) is 0 Å². The lowest BCUT2D eigenvalue weighted by molar-refractivity contribution is 0.0151. The van der Waals surface area contributed by atoms with E-state index in [0.29, 0.717) is 29.5 Å². The van der Waals surface area contributed by atoms with Gasteiger partial charge in [-0.25, -0.2) is 8.78 Å². The van der Waals surface area contributed by atoms with Crippen LogP contribution in [0.2, 0.25) is 0 Å². The van der Waals surface area contributed by atoms with E-state index in [9.17, 15) is 8.78 Å². The summed E-state index contributed by atoms with van der Waals surface area (Å²) in [5.74, 6) is -1.84. The normalized spacial score (nSPS) is 22.9. The molecule has 1 heterocycles. The summed E-state index contributed by atoms with van der Waals surface area (Å²) in [4.78, 5) is 2.08. The maximum Gasteiger partial charge on any atom is 0.270 e. The first kappa shape index (κ1) is 17.0. The monoisotopic (exact) mass is 314 g/mol. The highest BCUT2D eigenvalue weighted by atomic mass is 19.3. The van der Waals surface area contributed by atoms with Crippen molar-refractivity contribution in [3.8, 4) is 11.5 Å². The molecule has 0 bridgehead atoms. The first-order valence-electron chi connectivity index (χ1n) is 7.36. The summed E-state index contributed by atoms with van der Waals surface area (Å²) < 4.78 is 38.6. The number of methoxy groups -OCH3 is 2. The van der Waals surface area contributed by atoms with Gasteiger partial charge in [-0.2, -0.15) is 0 Å². The van der Waals surface area contributed by atoms with Crippen molar-refractivity contribution in [2.45, 2.75) is 25.3 Å².